The molecule has 0 spiro atoms. The lowest BCUT2D eigenvalue weighted by Crippen LogP contribution is -2.15. The Balaban J connectivity index is 2.44. The Morgan fingerprint density at radius 3 is 2.67 bits per heavy atom. The minimum Gasteiger partial charge on any atom is -0.283 e. The van der Waals surface area contributed by atoms with Gasteiger partial charge in [0.15, 0.2) is 0 Å². The fourth-order valence-corrected chi connectivity index (χ4v) is 2.82. The smallest absolute Gasteiger partial charge is 0.0527 e. The first-order valence-electron chi connectivity index (χ1n) is 6.56. The summed E-state index contributed by atoms with van der Waals surface area (Å²) < 4.78 is 1.35. The molecule has 0 saturated carbocycles. The number of hydrogen-bond acceptors (Lipinski definition) is 2. The molecule has 0 aliphatic rings. The first kappa shape index (κ1) is 13.3. The molecule has 0 fully saturated rings. The highest BCUT2D eigenvalue weighted by Gasteiger charge is 2.11. The summed E-state index contributed by atoms with van der Waals surface area (Å²) in [6.45, 7) is 8.69. The van der Waals surface area contributed by atoms with Gasteiger partial charge in [-0.15, -0.1) is 11.3 Å². The van der Waals surface area contributed by atoms with Crippen molar-refractivity contribution in [3.05, 3.63) is 35.2 Å². The first-order valence-corrected chi connectivity index (χ1v) is 7.44. The van der Waals surface area contributed by atoms with E-state index in [0.717, 1.165) is 12.8 Å². The van der Waals surface area contributed by atoms with Gasteiger partial charge in [0.2, 0.25) is 0 Å². The predicted molar refractivity (Wildman–Crippen MR) is 83.0 cm³/mol. The zero-order valence-corrected chi connectivity index (χ0v) is 12.5. The van der Waals surface area contributed by atoms with Crippen molar-refractivity contribution in [2.75, 3.05) is 0 Å². The largest absolute Gasteiger partial charge is 0.283 e. The zero-order valence-electron chi connectivity index (χ0n) is 11.7. The lowest BCUT2D eigenvalue weighted by molar-refractivity contribution is 0.581. The highest BCUT2D eigenvalue weighted by molar-refractivity contribution is 7.17. The molecule has 0 amide bonds. The molecule has 0 aliphatic heterocycles. The number of thiophene rings is 1. The molecule has 2 aromatic rings. The second-order valence-electron chi connectivity index (χ2n) is 5.65. The molecule has 2 heteroatoms. The predicted octanol–water partition coefficient (Wildman–Crippen LogP) is 5.29. The lowest BCUT2D eigenvalue weighted by atomic mass is 10.0. The van der Waals surface area contributed by atoms with E-state index in [1.807, 2.05) is 0 Å². The van der Waals surface area contributed by atoms with E-state index in [9.17, 15) is 0 Å². The van der Waals surface area contributed by atoms with Gasteiger partial charge in [-0.2, -0.15) is 0 Å². The summed E-state index contributed by atoms with van der Waals surface area (Å²) in [5.74, 6) is 0. The maximum atomic E-state index is 4.88. The molecule has 0 N–H and O–H groups in total. The van der Waals surface area contributed by atoms with Crippen LogP contribution >= 0.6 is 11.3 Å². The van der Waals surface area contributed by atoms with Gasteiger partial charge in [-0.3, -0.25) is 4.99 Å². The van der Waals surface area contributed by atoms with Gasteiger partial charge in [0.1, 0.15) is 0 Å². The van der Waals surface area contributed by atoms with Gasteiger partial charge in [0.05, 0.1) is 5.54 Å². The van der Waals surface area contributed by atoms with E-state index >= 15 is 0 Å². The molecule has 0 radical (unpaired) electrons. The third kappa shape index (κ3) is 3.20. The Morgan fingerprint density at radius 1 is 1.22 bits per heavy atom. The maximum Gasteiger partial charge on any atom is 0.0527 e. The fourth-order valence-electron chi connectivity index (χ4n) is 2.05. The Hall–Kier alpha value is -1.15. The van der Waals surface area contributed by atoms with E-state index in [4.69, 9.17) is 4.99 Å². The van der Waals surface area contributed by atoms with Crippen LogP contribution in [-0.4, -0.2) is 11.3 Å². The standard InChI is InChI=1S/C16H21NS/c1-5-6-14(17-16(2,3)4)12-7-8-15-13(11-12)9-10-18-15/h7-11H,5-6H2,1-4H3. The third-order valence-electron chi connectivity index (χ3n) is 2.74. The quantitative estimate of drug-likeness (QED) is 0.664. The van der Waals surface area contributed by atoms with Crippen molar-refractivity contribution in [1.82, 2.24) is 0 Å². The van der Waals surface area contributed by atoms with E-state index in [1.54, 1.807) is 11.3 Å². The summed E-state index contributed by atoms with van der Waals surface area (Å²) in [5, 5.41) is 3.48. The van der Waals surface area contributed by atoms with Gasteiger partial charge in [-0.1, -0.05) is 19.4 Å². The van der Waals surface area contributed by atoms with Crippen LogP contribution in [0.3, 0.4) is 0 Å². The number of rotatable bonds is 3. The molecule has 1 aromatic carbocycles. The second kappa shape index (κ2) is 5.23. The first-order chi connectivity index (χ1) is 8.49. The van der Waals surface area contributed by atoms with Crippen molar-refractivity contribution in [3.63, 3.8) is 0 Å². The van der Waals surface area contributed by atoms with E-state index in [-0.39, 0.29) is 5.54 Å². The number of fused-ring (bicyclic) bond motifs is 1. The molecular weight excluding hydrogens is 238 g/mol. The molecular formula is C16H21NS. The molecule has 0 saturated heterocycles. The van der Waals surface area contributed by atoms with Crippen LogP contribution in [0.5, 0.6) is 0 Å². The van der Waals surface area contributed by atoms with Crippen molar-refractivity contribution in [2.24, 2.45) is 4.99 Å². The molecule has 1 nitrogen and oxygen atoms in total. The third-order valence-corrected chi connectivity index (χ3v) is 3.64. The number of benzene rings is 1. The van der Waals surface area contributed by atoms with Crippen molar-refractivity contribution >= 4 is 27.1 Å². The molecule has 0 atom stereocenters. The normalized spacial score (nSPS) is 13.2. The van der Waals surface area contributed by atoms with E-state index in [0.29, 0.717) is 0 Å². The number of aliphatic imine (C=N–C) groups is 1. The molecule has 0 aliphatic carbocycles. The Labute approximate surface area is 114 Å². The summed E-state index contributed by atoms with van der Waals surface area (Å²) in [4.78, 5) is 4.88. The summed E-state index contributed by atoms with van der Waals surface area (Å²) >= 11 is 1.79. The van der Waals surface area contributed by atoms with Crippen LogP contribution in [-0.2, 0) is 0 Å². The van der Waals surface area contributed by atoms with Crippen LogP contribution in [0.2, 0.25) is 0 Å². The lowest BCUT2D eigenvalue weighted by Gasteiger charge is -2.16. The monoisotopic (exact) mass is 259 g/mol. The van der Waals surface area contributed by atoms with E-state index in [2.05, 4.69) is 57.3 Å². The summed E-state index contributed by atoms with van der Waals surface area (Å²) in [5.41, 5.74) is 2.50. The van der Waals surface area contributed by atoms with Crippen molar-refractivity contribution < 1.29 is 0 Å². The second-order valence-corrected chi connectivity index (χ2v) is 6.60. The average molecular weight is 259 g/mol. The summed E-state index contributed by atoms with van der Waals surface area (Å²) in [6, 6.07) is 8.87. The average Bonchev–Trinajstić information content (AvgIpc) is 2.73. The van der Waals surface area contributed by atoms with Gasteiger partial charge >= 0.3 is 0 Å². The maximum absolute atomic E-state index is 4.88. The summed E-state index contributed by atoms with van der Waals surface area (Å²) in [6.07, 6.45) is 2.18. The molecule has 0 bridgehead atoms. The van der Waals surface area contributed by atoms with Crippen LogP contribution in [0, 0.1) is 0 Å². The van der Waals surface area contributed by atoms with Gasteiger partial charge in [0.25, 0.3) is 0 Å². The van der Waals surface area contributed by atoms with Crippen molar-refractivity contribution in [1.29, 1.82) is 0 Å². The topological polar surface area (TPSA) is 12.4 Å². The fraction of sp³-hybridized carbons (Fsp3) is 0.438. The van der Waals surface area contributed by atoms with Crippen molar-refractivity contribution in [3.8, 4) is 0 Å². The Kier molecular flexibility index (Phi) is 3.86. The van der Waals surface area contributed by atoms with Gasteiger partial charge < -0.3 is 0 Å². The summed E-state index contributed by atoms with van der Waals surface area (Å²) in [7, 11) is 0. The highest BCUT2D eigenvalue weighted by atomic mass is 32.1. The minimum atomic E-state index is -0.00585. The number of nitrogens with zero attached hydrogens (tertiary/aromatic N) is 1. The Morgan fingerprint density at radius 2 is 2.00 bits per heavy atom. The van der Waals surface area contributed by atoms with Crippen LogP contribution in [0.1, 0.15) is 46.1 Å². The Bertz CT molecular complexity index is 558. The van der Waals surface area contributed by atoms with Crippen LogP contribution in [0.15, 0.2) is 34.6 Å². The van der Waals surface area contributed by atoms with E-state index in [1.165, 1.54) is 21.4 Å². The molecule has 0 unspecified atom stereocenters. The van der Waals surface area contributed by atoms with Crippen LogP contribution in [0.25, 0.3) is 10.1 Å². The molecule has 96 valence electrons. The molecule has 2 rings (SSSR count). The van der Waals surface area contributed by atoms with Gasteiger partial charge in [-0.25, -0.2) is 0 Å². The minimum absolute atomic E-state index is 0.00585. The van der Waals surface area contributed by atoms with Gasteiger partial charge in [-0.05, 0) is 61.7 Å². The zero-order chi connectivity index (χ0) is 13.2. The molecule has 1 heterocycles. The van der Waals surface area contributed by atoms with E-state index < -0.39 is 0 Å². The highest BCUT2D eigenvalue weighted by Crippen LogP contribution is 2.23. The van der Waals surface area contributed by atoms with Crippen LogP contribution in [0.4, 0.5) is 0 Å². The molecule has 18 heavy (non-hydrogen) atoms. The SMILES string of the molecule is CCCC(=NC(C)(C)C)c1ccc2sccc2c1. The van der Waals surface area contributed by atoms with Crippen molar-refractivity contribution in [2.45, 2.75) is 46.1 Å². The van der Waals surface area contributed by atoms with Gasteiger partial charge in [0, 0.05) is 10.4 Å². The number of hydrogen-bond donors (Lipinski definition) is 0. The van der Waals surface area contributed by atoms with Crippen LogP contribution < -0.4 is 0 Å². The molecule has 1 aromatic heterocycles.